The van der Waals surface area contributed by atoms with E-state index >= 15 is 0 Å². The highest BCUT2D eigenvalue weighted by atomic mass is 16.5. The summed E-state index contributed by atoms with van der Waals surface area (Å²) in [7, 11) is 1.52. The van der Waals surface area contributed by atoms with Crippen molar-refractivity contribution in [2.24, 2.45) is 5.92 Å². The van der Waals surface area contributed by atoms with Gasteiger partial charge in [0.25, 0.3) is 5.91 Å². The van der Waals surface area contributed by atoms with Gasteiger partial charge in [-0.15, -0.1) is 0 Å². The normalized spacial score (nSPS) is 20.7. The van der Waals surface area contributed by atoms with E-state index in [0.717, 1.165) is 30.0 Å². The first-order valence-corrected chi connectivity index (χ1v) is 9.57. The first-order chi connectivity index (χ1) is 13.0. The van der Waals surface area contributed by atoms with Crippen molar-refractivity contribution in [1.82, 2.24) is 5.32 Å². The maximum Gasteiger partial charge on any atom is 0.342 e. The molecule has 1 amide bonds. The molecule has 5 nitrogen and oxygen atoms in total. The van der Waals surface area contributed by atoms with Crippen LogP contribution in [-0.2, 0) is 9.53 Å². The summed E-state index contributed by atoms with van der Waals surface area (Å²) in [6.07, 6.45) is 3.57. The lowest BCUT2D eigenvalue weighted by Gasteiger charge is -2.30. The van der Waals surface area contributed by atoms with Gasteiger partial charge in [0, 0.05) is 6.04 Å². The standard InChI is InChI=1S/C22H27NO4/c1-14-8-4-7-11-19(14)23-21(24)15(2)27-22(25)18-12-16-9-5-6-10-17(16)13-20(18)26-3/h5-6,9-10,12-15,19H,4,7-8,11H2,1-3H3,(H,23,24)/t14-,15-,19+/m1/s1. The molecule has 0 aliphatic heterocycles. The summed E-state index contributed by atoms with van der Waals surface area (Å²) in [6.45, 7) is 3.76. The minimum atomic E-state index is -0.859. The van der Waals surface area contributed by atoms with Crippen LogP contribution in [-0.4, -0.2) is 31.1 Å². The molecule has 0 heterocycles. The van der Waals surface area contributed by atoms with Gasteiger partial charge >= 0.3 is 5.97 Å². The van der Waals surface area contributed by atoms with E-state index in [9.17, 15) is 9.59 Å². The number of carbonyl (C=O) groups is 2. The molecule has 1 aliphatic rings. The zero-order valence-corrected chi connectivity index (χ0v) is 16.2. The fourth-order valence-corrected chi connectivity index (χ4v) is 3.66. The lowest BCUT2D eigenvalue weighted by molar-refractivity contribution is -0.130. The first kappa shape index (κ1) is 19.2. The minimum absolute atomic E-state index is 0.155. The van der Waals surface area contributed by atoms with E-state index in [-0.39, 0.29) is 11.9 Å². The lowest BCUT2D eigenvalue weighted by Crippen LogP contribution is -2.46. The van der Waals surface area contributed by atoms with Crippen molar-refractivity contribution >= 4 is 22.6 Å². The number of fused-ring (bicyclic) bond motifs is 1. The molecule has 1 aliphatic carbocycles. The monoisotopic (exact) mass is 369 g/mol. The predicted molar refractivity (Wildman–Crippen MR) is 105 cm³/mol. The van der Waals surface area contributed by atoms with E-state index in [1.165, 1.54) is 13.5 Å². The fourth-order valence-electron chi connectivity index (χ4n) is 3.66. The number of rotatable bonds is 5. The Kier molecular flexibility index (Phi) is 5.99. The van der Waals surface area contributed by atoms with Crippen LogP contribution < -0.4 is 10.1 Å². The van der Waals surface area contributed by atoms with Gasteiger partial charge in [0.15, 0.2) is 6.10 Å². The van der Waals surface area contributed by atoms with Crippen LogP contribution in [0, 0.1) is 5.92 Å². The summed E-state index contributed by atoms with van der Waals surface area (Å²) < 4.78 is 10.8. The minimum Gasteiger partial charge on any atom is -0.496 e. The Morgan fingerprint density at radius 1 is 1.11 bits per heavy atom. The number of carbonyl (C=O) groups excluding carboxylic acids is 2. The van der Waals surface area contributed by atoms with Gasteiger partial charge in [0.2, 0.25) is 0 Å². The summed E-state index contributed by atoms with van der Waals surface area (Å²) >= 11 is 0. The molecule has 0 radical (unpaired) electrons. The van der Waals surface area contributed by atoms with Gasteiger partial charge in [-0.05, 0) is 48.6 Å². The SMILES string of the molecule is COc1cc2ccccc2cc1C(=O)O[C@H](C)C(=O)N[C@H]1CCCC[C@H]1C. The number of hydrogen-bond donors (Lipinski definition) is 1. The quantitative estimate of drug-likeness (QED) is 0.806. The van der Waals surface area contributed by atoms with Crippen LogP contribution in [0.2, 0.25) is 0 Å². The van der Waals surface area contributed by atoms with Crippen LogP contribution in [0.1, 0.15) is 49.9 Å². The van der Waals surface area contributed by atoms with Crippen LogP contribution in [0.15, 0.2) is 36.4 Å². The van der Waals surface area contributed by atoms with E-state index < -0.39 is 12.1 Å². The second-order valence-electron chi connectivity index (χ2n) is 7.32. The third-order valence-corrected chi connectivity index (χ3v) is 5.38. The number of esters is 1. The molecule has 27 heavy (non-hydrogen) atoms. The van der Waals surface area contributed by atoms with E-state index in [0.29, 0.717) is 17.2 Å². The molecular weight excluding hydrogens is 342 g/mol. The van der Waals surface area contributed by atoms with E-state index in [4.69, 9.17) is 9.47 Å². The van der Waals surface area contributed by atoms with Gasteiger partial charge in [-0.1, -0.05) is 44.0 Å². The van der Waals surface area contributed by atoms with Crippen molar-refractivity contribution in [2.75, 3.05) is 7.11 Å². The Hall–Kier alpha value is -2.56. The maximum atomic E-state index is 12.7. The molecular formula is C22H27NO4. The van der Waals surface area contributed by atoms with Crippen LogP contribution in [0.25, 0.3) is 10.8 Å². The van der Waals surface area contributed by atoms with Gasteiger partial charge in [-0.25, -0.2) is 4.79 Å². The Bertz CT molecular complexity index is 832. The molecule has 144 valence electrons. The van der Waals surface area contributed by atoms with Crippen LogP contribution in [0.3, 0.4) is 0 Å². The van der Waals surface area contributed by atoms with Gasteiger partial charge in [0.1, 0.15) is 11.3 Å². The Morgan fingerprint density at radius 3 is 2.44 bits per heavy atom. The average Bonchev–Trinajstić information content (AvgIpc) is 2.68. The Balaban J connectivity index is 1.70. The van der Waals surface area contributed by atoms with Gasteiger partial charge < -0.3 is 14.8 Å². The molecule has 1 saturated carbocycles. The highest BCUT2D eigenvalue weighted by molar-refractivity contribution is 5.99. The van der Waals surface area contributed by atoms with Crippen molar-refractivity contribution in [3.63, 3.8) is 0 Å². The number of benzene rings is 2. The first-order valence-electron chi connectivity index (χ1n) is 9.57. The fraction of sp³-hybridized carbons (Fsp3) is 0.455. The van der Waals surface area contributed by atoms with Crippen molar-refractivity contribution in [3.05, 3.63) is 42.0 Å². The largest absolute Gasteiger partial charge is 0.496 e. The molecule has 2 aromatic carbocycles. The van der Waals surface area contributed by atoms with Crippen LogP contribution in [0.4, 0.5) is 0 Å². The topological polar surface area (TPSA) is 64.6 Å². The van der Waals surface area contributed by atoms with E-state index in [1.807, 2.05) is 24.3 Å². The van der Waals surface area contributed by atoms with E-state index in [2.05, 4.69) is 12.2 Å². The smallest absolute Gasteiger partial charge is 0.342 e. The Labute approximate surface area is 160 Å². The molecule has 5 heteroatoms. The highest BCUT2D eigenvalue weighted by Gasteiger charge is 2.27. The third-order valence-electron chi connectivity index (χ3n) is 5.38. The van der Waals surface area contributed by atoms with Gasteiger partial charge in [0.05, 0.1) is 7.11 Å². The van der Waals surface area contributed by atoms with Crippen LogP contribution in [0.5, 0.6) is 5.75 Å². The van der Waals surface area contributed by atoms with Crippen molar-refractivity contribution < 1.29 is 19.1 Å². The predicted octanol–water partition coefficient (Wildman–Crippen LogP) is 4.09. The molecule has 0 aromatic heterocycles. The molecule has 2 aromatic rings. The molecule has 1 fully saturated rings. The van der Waals surface area contributed by atoms with Gasteiger partial charge in [-0.3, -0.25) is 4.79 Å². The number of methoxy groups -OCH3 is 1. The molecule has 0 saturated heterocycles. The highest BCUT2D eigenvalue weighted by Crippen LogP contribution is 2.27. The van der Waals surface area contributed by atoms with Crippen molar-refractivity contribution in [3.8, 4) is 5.75 Å². The summed E-state index contributed by atoms with van der Waals surface area (Å²) in [5, 5.41) is 4.93. The van der Waals surface area contributed by atoms with E-state index in [1.54, 1.807) is 19.1 Å². The lowest BCUT2D eigenvalue weighted by atomic mass is 9.86. The summed E-state index contributed by atoms with van der Waals surface area (Å²) in [6, 6.07) is 11.4. The molecule has 3 atom stereocenters. The van der Waals surface area contributed by atoms with Crippen molar-refractivity contribution in [2.45, 2.75) is 51.7 Å². The average molecular weight is 369 g/mol. The molecule has 3 rings (SSSR count). The zero-order valence-electron chi connectivity index (χ0n) is 16.2. The third kappa shape index (κ3) is 4.41. The summed E-state index contributed by atoms with van der Waals surface area (Å²) in [5.74, 6) is 0.0807. The summed E-state index contributed by atoms with van der Waals surface area (Å²) in [4.78, 5) is 25.1. The molecule has 1 N–H and O–H groups in total. The molecule has 0 bridgehead atoms. The second kappa shape index (κ2) is 8.42. The molecule has 0 spiro atoms. The number of nitrogens with one attached hydrogen (secondary N) is 1. The summed E-state index contributed by atoms with van der Waals surface area (Å²) in [5.41, 5.74) is 0.321. The van der Waals surface area contributed by atoms with Gasteiger partial charge in [-0.2, -0.15) is 0 Å². The second-order valence-corrected chi connectivity index (χ2v) is 7.32. The number of amides is 1. The van der Waals surface area contributed by atoms with Crippen molar-refractivity contribution in [1.29, 1.82) is 0 Å². The molecule has 0 unspecified atom stereocenters. The van der Waals surface area contributed by atoms with Crippen LogP contribution >= 0.6 is 0 Å². The number of hydrogen-bond acceptors (Lipinski definition) is 4. The zero-order chi connectivity index (χ0) is 19.4. The number of ether oxygens (including phenoxy) is 2. The maximum absolute atomic E-state index is 12.7. The Morgan fingerprint density at radius 2 is 1.78 bits per heavy atom.